The van der Waals surface area contributed by atoms with Crippen molar-refractivity contribution in [2.24, 2.45) is 0 Å². The molecule has 0 saturated carbocycles. The van der Waals surface area contributed by atoms with Crippen molar-refractivity contribution in [1.29, 1.82) is 0 Å². The zero-order valence-electron chi connectivity index (χ0n) is 16.3. The topological polar surface area (TPSA) is 71.0 Å². The third kappa shape index (κ3) is 5.04. The third-order valence-electron chi connectivity index (χ3n) is 4.84. The highest BCUT2D eigenvalue weighted by Crippen LogP contribution is 2.27. The second-order valence-electron chi connectivity index (χ2n) is 6.73. The van der Waals surface area contributed by atoms with Gasteiger partial charge in [-0.2, -0.15) is 0 Å². The number of hydrogen-bond donors (Lipinski definition) is 2. The van der Waals surface area contributed by atoms with E-state index in [9.17, 15) is 9.90 Å². The summed E-state index contributed by atoms with van der Waals surface area (Å²) in [7, 11) is 3.19. The highest BCUT2D eigenvalue weighted by molar-refractivity contribution is 5.78. The van der Waals surface area contributed by atoms with Crippen molar-refractivity contribution in [2.75, 3.05) is 33.9 Å². The van der Waals surface area contributed by atoms with Crippen LogP contribution in [0.25, 0.3) is 5.57 Å². The normalized spacial score (nSPS) is 14.3. The minimum atomic E-state index is -0.00346. The number of rotatable bonds is 7. The van der Waals surface area contributed by atoms with E-state index in [-0.39, 0.29) is 11.7 Å². The van der Waals surface area contributed by atoms with Gasteiger partial charge in [-0.05, 0) is 47.4 Å². The van der Waals surface area contributed by atoms with Crippen LogP contribution in [0, 0.1) is 0 Å². The van der Waals surface area contributed by atoms with E-state index in [1.54, 1.807) is 26.4 Å². The summed E-state index contributed by atoms with van der Waals surface area (Å²) in [5.74, 6) is 1.59. The van der Waals surface area contributed by atoms with Crippen molar-refractivity contribution in [1.82, 2.24) is 10.2 Å². The molecule has 1 amide bonds. The Morgan fingerprint density at radius 2 is 1.86 bits per heavy atom. The van der Waals surface area contributed by atoms with Crippen LogP contribution in [0.1, 0.15) is 17.5 Å². The van der Waals surface area contributed by atoms with Crippen LogP contribution in [-0.4, -0.2) is 49.8 Å². The number of benzene rings is 2. The van der Waals surface area contributed by atoms with Crippen LogP contribution >= 0.6 is 0 Å². The Morgan fingerprint density at radius 1 is 1.11 bits per heavy atom. The van der Waals surface area contributed by atoms with Gasteiger partial charge in [0.25, 0.3) is 0 Å². The summed E-state index contributed by atoms with van der Waals surface area (Å²) in [5.41, 5.74) is 3.33. The SMILES string of the molecule is COc1ccc(CNC(=O)CN2CC=C(c3ccc(O)cc3)CC2)cc1OC. The molecule has 0 saturated heterocycles. The molecule has 3 rings (SSSR count). The van der Waals surface area contributed by atoms with Gasteiger partial charge in [-0.3, -0.25) is 9.69 Å². The Hall–Kier alpha value is -2.99. The number of amides is 1. The molecule has 0 unspecified atom stereocenters. The average Bonchev–Trinajstić information content (AvgIpc) is 2.73. The number of nitrogens with one attached hydrogen (secondary N) is 1. The fourth-order valence-electron chi connectivity index (χ4n) is 3.24. The maximum atomic E-state index is 12.3. The van der Waals surface area contributed by atoms with Crippen LogP contribution in [0.3, 0.4) is 0 Å². The van der Waals surface area contributed by atoms with Crippen LogP contribution in [0.15, 0.2) is 48.5 Å². The molecule has 0 atom stereocenters. The van der Waals surface area contributed by atoms with E-state index in [1.165, 1.54) is 5.57 Å². The van der Waals surface area contributed by atoms with Crippen LogP contribution in [0.2, 0.25) is 0 Å². The quantitative estimate of drug-likeness (QED) is 0.771. The number of methoxy groups -OCH3 is 2. The summed E-state index contributed by atoms with van der Waals surface area (Å²) < 4.78 is 10.5. The standard InChI is InChI=1S/C22H26N2O4/c1-27-20-8-3-16(13-21(20)28-2)14-23-22(26)15-24-11-9-18(10-12-24)17-4-6-19(25)7-5-17/h3-9,13,25H,10-12,14-15H2,1-2H3,(H,23,26). The zero-order chi connectivity index (χ0) is 19.9. The molecule has 2 N–H and O–H groups in total. The molecule has 2 aromatic rings. The van der Waals surface area contributed by atoms with E-state index >= 15 is 0 Å². The maximum absolute atomic E-state index is 12.3. The molecule has 1 aliphatic heterocycles. The second-order valence-corrected chi connectivity index (χ2v) is 6.73. The van der Waals surface area contributed by atoms with Gasteiger partial charge in [-0.15, -0.1) is 0 Å². The van der Waals surface area contributed by atoms with Gasteiger partial charge >= 0.3 is 0 Å². The monoisotopic (exact) mass is 382 g/mol. The smallest absolute Gasteiger partial charge is 0.234 e. The zero-order valence-corrected chi connectivity index (χ0v) is 16.3. The van der Waals surface area contributed by atoms with E-state index in [4.69, 9.17) is 9.47 Å². The third-order valence-corrected chi connectivity index (χ3v) is 4.84. The Balaban J connectivity index is 1.49. The largest absolute Gasteiger partial charge is 0.508 e. The molecule has 0 aromatic heterocycles. The summed E-state index contributed by atoms with van der Waals surface area (Å²) in [5, 5.41) is 12.4. The van der Waals surface area contributed by atoms with Crippen molar-refractivity contribution in [3.63, 3.8) is 0 Å². The van der Waals surface area contributed by atoms with E-state index in [2.05, 4.69) is 16.3 Å². The van der Waals surface area contributed by atoms with E-state index in [1.807, 2.05) is 30.3 Å². The number of phenols is 1. The molecule has 0 spiro atoms. The van der Waals surface area contributed by atoms with Gasteiger partial charge in [-0.1, -0.05) is 24.3 Å². The Morgan fingerprint density at radius 3 is 2.50 bits per heavy atom. The molecule has 1 heterocycles. The maximum Gasteiger partial charge on any atom is 0.234 e. The van der Waals surface area contributed by atoms with Gasteiger partial charge < -0.3 is 19.9 Å². The highest BCUT2D eigenvalue weighted by atomic mass is 16.5. The molecule has 0 radical (unpaired) electrons. The lowest BCUT2D eigenvalue weighted by Crippen LogP contribution is -2.39. The first-order chi connectivity index (χ1) is 13.6. The number of phenolic OH excluding ortho intramolecular Hbond substituents is 1. The molecule has 0 fully saturated rings. The van der Waals surface area contributed by atoms with Crippen molar-refractivity contribution < 1.29 is 19.4 Å². The lowest BCUT2D eigenvalue weighted by molar-refractivity contribution is -0.122. The molecular weight excluding hydrogens is 356 g/mol. The van der Waals surface area contributed by atoms with Gasteiger partial charge in [0.1, 0.15) is 5.75 Å². The van der Waals surface area contributed by atoms with E-state index < -0.39 is 0 Å². The van der Waals surface area contributed by atoms with Crippen molar-refractivity contribution in [3.8, 4) is 17.2 Å². The molecule has 28 heavy (non-hydrogen) atoms. The minimum absolute atomic E-state index is 0.00346. The first kappa shape index (κ1) is 19.8. The summed E-state index contributed by atoms with van der Waals surface area (Å²) >= 11 is 0. The number of aromatic hydroxyl groups is 1. The van der Waals surface area contributed by atoms with Crippen molar-refractivity contribution >= 4 is 11.5 Å². The average molecular weight is 382 g/mol. The Labute approximate surface area is 165 Å². The van der Waals surface area contributed by atoms with Gasteiger partial charge in [0, 0.05) is 19.6 Å². The van der Waals surface area contributed by atoms with Gasteiger partial charge in [0.2, 0.25) is 5.91 Å². The van der Waals surface area contributed by atoms with Gasteiger partial charge in [-0.25, -0.2) is 0 Å². The lowest BCUT2D eigenvalue weighted by atomic mass is 9.99. The van der Waals surface area contributed by atoms with Crippen LogP contribution in [-0.2, 0) is 11.3 Å². The van der Waals surface area contributed by atoms with Crippen LogP contribution in [0.5, 0.6) is 17.2 Å². The predicted octanol–water partition coefficient (Wildman–Crippen LogP) is 2.81. The number of carbonyl (C=O) groups is 1. The fourth-order valence-corrected chi connectivity index (χ4v) is 3.24. The second kappa shape index (κ2) is 9.28. The van der Waals surface area contributed by atoms with Crippen molar-refractivity contribution in [3.05, 3.63) is 59.7 Å². The fraction of sp³-hybridized carbons (Fsp3) is 0.318. The lowest BCUT2D eigenvalue weighted by Gasteiger charge is -2.26. The molecule has 6 heteroatoms. The Bertz CT molecular complexity index is 846. The molecular formula is C22H26N2O4. The number of hydrogen-bond acceptors (Lipinski definition) is 5. The minimum Gasteiger partial charge on any atom is -0.508 e. The number of ether oxygens (including phenoxy) is 2. The Kier molecular flexibility index (Phi) is 6.55. The first-order valence-corrected chi connectivity index (χ1v) is 9.27. The molecule has 1 aliphatic rings. The van der Waals surface area contributed by atoms with E-state index in [0.717, 1.165) is 30.6 Å². The predicted molar refractivity (Wildman–Crippen MR) is 109 cm³/mol. The molecule has 148 valence electrons. The van der Waals surface area contributed by atoms with Crippen LogP contribution in [0.4, 0.5) is 0 Å². The van der Waals surface area contributed by atoms with Crippen molar-refractivity contribution in [2.45, 2.75) is 13.0 Å². The summed E-state index contributed by atoms with van der Waals surface area (Å²) in [6.45, 7) is 2.38. The number of carbonyl (C=O) groups excluding carboxylic acids is 1. The highest BCUT2D eigenvalue weighted by Gasteiger charge is 2.16. The summed E-state index contributed by atoms with van der Waals surface area (Å²) in [6, 6.07) is 12.9. The first-order valence-electron chi connectivity index (χ1n) is 9.27. The molecule has 6 nitrogen and oxygen atoms in total. The summed E-state index contributed by atoms with van der Waals surface area (Å²) in [6.07, 6.45) is 3.03. The van der Waals surface area contributed by atoms with E-state index in [0.29, 0.717) is 24.6 Å². The molecule has 0 aliphatic carbocycles. The summed E-state index contributed by atoms with van der Waals surface area (Å²) in [4.78, 5) is 14.4. The van der Waals surface area contributed by atoms with Crippen LogP contribution < -0.4 is 14.8 Å². The molecule has 0 bridgehead atoms. The number of nitrogens with zero attached hydrogens (tertiary/aromatic N) is 1. The van der Waals surface area contributed by atoms with Gasteiger partial charge in [0.05, 0.1) is 20.8 Å². The van der Waals surface area contributed by atoms with Gasteiger partial charge in [0.15, 0.2) is 11.5 Å². The molecule has 2 aromatic carbocycles.